The summed E-state index contributed by atoms with van der Waals surface area (Å²) in [6.45, 7) is 8.54. The molecule has 2 heterocycles. The van der Waals surface area contributed by atoms with Gasteiger partial charge in [-0.15, -0.1) is 11.3 Å². The molecular weight excluding hydrogens is 524 g/mol. The molecule has 1 aromatic heterocycles. The van der Waals surface area contributed by atoms with Crippen LogP contribution in [0, 0.1) is 0 Å². The van der Waals surface area contributed by atoms with E-state index >= 15 is 0 Å². The lowest BCUT2D eigenvalue weighted by Crippen LogP contribution is -2.25. The second kappa shape index (κ2) is 12.8. The third kappa shape index (κ3) is 6.50. The van der Waals surface area contributed by atoms with Gasteiger partial charge in [0, 0.05) is 28.7 Å². The van der Waals surface area contributed by atoms with Crippen molar-refractivity contribution in [1.82, 2.24) is 15.2 Å². The summed E-state index contributed by atoms with van der Waals surface area (Å²) < 4.78 is 11.8. The molecule has 1 aliphatic rings. The lowest BCUT2D eigenvalue weighted by Gasteiger charge is -2.17. The zero-order valence-electron chi connectivity index (χ0n) is 22.6. The molecule has 0 aliphatic carbocycles. The number of rotatable bonds is 11. The van der Waals surface area contributed by atoms with Gasteiger partial charge < -0.3 is 25.0 Å². The molecule has 206 valence electrons. The smallest absolute Gasteiger partial charge is 0.259 e. The van der Waals surface area contributed by atoms with Crippen LogP contribution in [-0.4, -0.2) is 47.9 Å². The number of carbonyl (C=O) groups excluding carboxylic acids is 2. The van der Waals surface area contributed by atoms with E-state index in [0.717, 1.165) is 47.3 Å². The average Bonchev–Trinajstić information content (AvgIpc) is 3.41. The van der Waals surface area contributed by atoms with Gasteiger partial charge in [-0.2, -0.15) is 0 Å². The van der Waals surface area contributed by atoms with E-state index < -0.39 is 0 Å². The fourth-order valence-corrected chi connectivity index (χ4v) is 5.27. The molecule has 0 atom stereocenters. The number of anilines is 1. The second-order valence-electron chi connectivity index (χ2n) is 9.33. The van der Waals surface area contributed by atoms with Gasteiger partial charge in [0.2, 0.25) is 0 Å². The van der Waals surface area contributed by atoms with Crippen molar-refractivity contribution in [3.63, 3.8) is 0 Å². The zero-order chi connectivity index (χ0) is 27.9. The van der Waals surface area contributed by atoms with Gasteiger partial charge in [0.1, 0.15) is 16.5 Å². The summed E-state index contributed by atoms with van der Waals surface area (Å²) in [4.78, 5) is 33.3. The van der Waals surface area contributed by atoms with E-state index in [0.29, 0.717) is 41.5 Å². The Morgan fingerprint density at radius 3 is 2.65 bits per heavy atom. The molecule has 0 unspecified atom stereocenters. The van der Waals surface area contributed by atoms with Crippen molar-refractivity contribution in [3.05, 3.63) is 88.9 Å². The molecule has 9 heteroatoms. The maximum absolute atomic E-state index is 12.9. The molecule has 4 aromatic rings. The maximum atomic E-state index is 12.9. The van der Waals surface area contributed by atoms with Crippen LogP contribution in [0.3, 0.4) is 0 Å². The maximum Gasteiger partial charge on any atom is 0.259 e. The lowest BCUT2D eigenvalue weighted by molar-refractivity contribution is 0.0950. The summed E-state index contributed by atoms with van der Waals surface area (Å²) in [6.07, 6.45) is 2.77. The van der Waals surface area contributed by atoms with Crippen molar-refractivity contribution in [2.75, 3.05) is 31.6 Å². The summed E-state index contributed by atoms with van der Waals surface area (Å²) in [6, 6.07) is 20.0. The van der Waals surface area contributed by atoms with Crippen LogP contribution in [0.15, 0.2) is 72.9 Å². The quantitative estimate of drug-likeness (QED) is 0.214. The highest BCUT2D eigenvalue weighted by molar-refractivity contribution is 7.15. The summed E-state index contributed by atoms with van der Waals surface area (Å²) in [5, 5.41) is 6.65. The first kappa shape index (κ1) is 27.4. The molecule has 3 aromatic carbocycles. The van der Waals surface area contributed by atoms with Crippen LogP contribution in [0.5, 0.6) is 17.2 Å². The number of nitrogens with zero attached hydrogens (tertiary/aromatic N) is 2. The minimum absolute atomic E-state index is 0.253. The Balaban J connectivity index is 1.14. The van der Waals surface area contributed by atoms with Gasteiger partial charge in [-0.3, -0.25) is 9.59 Å². The Hall–Kier alpha value is -4.21. The minimum atomic E-state index is -0.279. The van der Waals surface area contributed by atoms with Gasteiger partial charge in [0.25, 0.3) is 11.8 Å². The monoisotopic (exact) mass is 556 g/mol. The van der Waals surface area contributed by atoms with Crippen molar-refractivity contribution in [2.24, 2.45) is 0 Å². The average molecular weight is 557 g/mol. The lowest BCUT2D eigenvalue weighted by atomic mass is 10.1. The van der Waals surface area contributed by atoms with E-state index in [1.165, 1.54) is 11.3 Å². The zero-order valence-corrected chi connectivity index (χ0v) is 23.4. The Kier molecular flexibility index (Phi) is 8.73. The number of carbonyl (C=O) groups is 2. The molecule has 0 saturated carbocycles. The Morgan fingerprint density at radius 1 is 1.05 bits per heavy atom. The predicted molar refractivity (Wildman–Crippen MR) is 158 cm³/mol. The molecule has 0 fully saturated rings. The number of thiazole rings is 1. The summed E-state index contributed by atoms with van der Waals surface area (Å²) in [5.41, 5.74) is 2.32. The van der Waals surface area contributed by atoms with Crippen LogP contribution in [0.4, 0.5) is 5.69 Å². The number of aromatic nitrogens is 1. The van der Waals surface area contributed by atoms with Crippen LogP contribution in [0.1, 0.15) is 45.9 Å². The van der Waals surface area contributed by atoms with E-state index in [2.05, 4.69) is 34.4 Å². The number of benzene rings is 3. The first-order valence-electron chi connectivity index (χ1n) is 13.4. The van der Waals surface area contributed by atoms with E-state index in [9.17, 15) is 9.59 Å². The van der Waals surface area contributed by atoms with Gasteiger partial charge in [0.05, 0.1) is 24.4 Å². The van der Waals surface area contributed by atoms with Crippen LogP contribution >= 0.6 is 11.3 Å². The minimum Gasteiger partial charge on any atom is -0.494 e. The summed E-state index contributed by atoms with van der Waals surface area (Å²) >= 11 is 1.53. The first-order chi connectivity index (χ1) is 19.5. The topological polar surface area (TPSA) is 92.8 Å². The number of ether oxygens (including phenoxy) is 2. The molecular formula is C31H32N4O4S. The molecule has 0 saturated heterocycles. The van der Waals surface area contributed by atoms with E-state index in [4.69, 9.17) is 9.47 Å². The van der Waals surface area contributed by atoms with Crippen molar-refractivity contribution in [3.8, 4) is 27.8 Å². The highest BCUT2D eigenvalue weighted by Crippen LogP contribution is 2.36. The fraction of sp³-hybridized carbons (Fsp3) is 0.258. The number of hydrogen-bond donors (Lipinski definition) is 2. The van der Waals surface area contributed by atoms with Crippen molar-refractivity contribution < 1.29 is 19.1 Å². The predicted octanol–water partition coefficient (Wildman–Crippen LogP) is 6.21. The molecule has 8 nitrogen and oxygen atoms in total. The third-order valence-electron chi connectivity index (χ3n) is 6.70. The number of fused-ring (bicyclic) bond motifs is 2. The molecule has 0 bridgehead atoms. The van der Waals surface area contributed by atoms with Crippen molar-refractivity contribution >= 4 is 28.8 Å². The van der Waals surface area contributed by atoms with Crippen LogP contribution in [0.2, 0.25) is 0 Å². The highest BCUT2D eigenvalue weighted by atomic mass is 32.1. The molecule has 40 heavy (non-hydrogen) atoms. The fourth-order valence-electron chi connectivity index (χ4n) is 4.41. The molecule has 1 aliphatic heterocycles. The van der Waals surface area contributed by atoms with Crippen LogP contribution in [-0.2, 0) is 6.54 Å². The number of para-hydroxylation sites is 1. The molecule has 2 N–H and O–H groups in total. The van der Waals surface area contributed by atoms with Crippen molar-refractivity contribution in [1.29, 1.82) is 0 Å². The van der Waals surface area contributed by atoms with Gasteiger partial charge in [0.15, 0.2) is 5.75 Å². The Bertz CT molecular complexity index is 1480. The molecule has 5 rings (SSSR count). The number of nitrogens with one attached hydrogen (secondary N) is 2. The van der Waals surface area contributed by atoms with Gasteiger partial charge in [-0.1, -0.05) is 26.0 Å². The standard InChI is InChI=1S/C31H32N4O4S/c1-3-35(4-2)16-7-17-38-23-13-10-21(11-14-23)31-33-20-24(40-31)19-32-29(36)22-12-15-28-26(18-22)34-30(37)25-8-5-6-9-27(25)39-28/h5-6,8-15,18,20H,3-4,7,16-17,19H2,1-2H3,(H,32,36)(H,34,37). The first-order valence-corrected chi connectivity index (χ1v) is 14.3. The van der Waals surface area contributed by atoms with E-state index in [1.807, 2.05) is 30.3 Å². The Morgan fingerprint density at radius 2 is 1.85 bits per heavy atom. The Labute approximate surface area is 238 Å². The van der Waals surface area contributed by atoms with Crippen LogP contribution < -0.4 is 20.1 Å². The third-order valence-corrected chi connectivity index (χ3v) is 7.75. The highest BCUT2D eigenvalue weighted by Gasteiger charge is 2.21. The normalized spacial score (nSPS) is 12.1. The van der Waals surface area contributed by atoms with Gasteiger partial charge in [-0.25, -0.2) is 4.98 Å². The molecule has 2 amide bonds. The largest absolute Gasteiger partial charge is 0.494 e. The van der Waals surface area contributed by atoms with Gasteiger partial charge in [-0.05, 0) is 74.1 Å². The van der Waals surface area contributed by atoms with E-state index in [1.54, 1.807) is 42.6 Å². The summed E-state index contributed by atoms with van der Waals surface area (Å²) in [7, 11) is 0. The number of amides is 2. The molecule has 0 spiro atoms. The SMILES string of the molecule is CCN(CC)CCCOc1ccc(-c2ncc(CNC(=O)c3ccc4c(c3)NC(=O)c3ccccc3O4)s2)cc1. The molecule has 0 radical (unpaired) electrons. The van der Waals surface area contributed by atoms with Gasteiger partial charge >= 0.3 is 0 Å². The van der Waals surface area contributed by atoms with E-state index in [-0.39, 0.29) is 11.8 Å². The second-order valence-corrected chi connectivity index (χ2v) is 10.4. The van der Waals surface area contributed by atoms with Crippen LogP contribution in [0.25, 0.3) is 10.6 Å². The number of hydrogen-bond acceptors (Lipinski definition) is 7. The summed E-state index contributed by atoms with van der Waals surface area (Å²) in [5.74, 6) is 1.27. The van der Waals surface area contributed by atoms with Crippen molar-refractivity contribution in [2.45, 2.75) is 26.8 Å².